The van der Waals surface area contributed by atoms with Crippen LogP contribution in [0.5, 0.6) is 11.5 Å². The fourth-order valence-corrected chi connectivity index (χ4v) is 1.03. The Morgan fingerprint density at radius 1 is 1.33 bits per heavy atom. The summed E-state index contributed by atoms with van der Waals surface area (Å²) in [6.07, 6.45) is 0. The number of methoxy groups -OCH3 is 2. The Kier molecular flexibility index (Phi) is 3.61. The van der Waals surface area contributed by atoms with Crippen molar-refractivity contribution in [2.24, 2.45) is 5.73 Å². The van der Waals surface area contributed by atoms with E-state index < -0.39 is 6.03 Å². The number of ether oxygens (including phenoxy) is 2. The van der Waals surface area contributed by atoms with Crippen LogP contribution in [0.4, 0.5) is 10.5 Å². The van der Waals surface area contributed by atoms with E-state index in [1.54, 1.807) is 25.3 Å². The Bertz CT molecular complexity index is 354. The van der Waals surface area contributed by atoms with Crippen LogP contribution in [0.1, 0.15) is 0 Å². The van der Waals surface area contributed by atoms with Gasteiger partial charge < -0.3 is 15.2 Å². The van der Waals surface area contributed by atoms with Crippen LogP contribution in [-0.4, -0.2) is 20.3 Å². The second-order valence-electron chi connectivity index (χ2n) is 2.68. The van der Waals surface area contributed by atoms with E-state index in [0.29, 0.717) is 17.2 Å². The smallest absolute Gasteiger partial charge is 0.330 e. The van der Waals surface area contributed by atoms with Gasteiger partial charge in [0.2, 0.25) is 0 Å². The number of hydrogen-bond acceptors (Lipinski definition) is 4. The highest BCUT2D eigenvalue weighted by Crippen LogP contribution is 2.28. The van der Waals surface area contributed by atoms with Crippen molar-refractivity contribution >= 4 is 11.7 Å². The van der Waals surface area contributed by atoms with Crippen LogP contribution in [-0.2, 0) is 0 Å². The number of nitrogens with one attached hydrogen (secondary N) is 2. The van der Waals surface area contributed by atoms with Crippen molar-refractivity contribution in [3.63, 3.8) is 0 Å². The predicted octanol–water partition coefficient (Wildman–Crippen LogP) is 0.699. The molecule has 0 fully saturated rings. The van der Waals surface area contributed by atoms with Crippen molar-refractivity contribution in [3.05, 3.63) is 18.2 Å². The Morgan fingerprint density at radius 2 is 2.07 bits per heavy atom. The lowest BCUT2D eigenvalue weighted by molar-refractivity contribution is 0.250. The van der Waals surface area contributed by atoms with Crippen molar-refractivity contribution in [2.75, 3.05) is 19.6 Å². The highest BCUT2D eigenvalue weighted by Gasteiger charge is 2.04. The molecule has 0 aliphatic rings. The molecule has 1 rings (SSSR count). The first-order valence-electron chi connectivity index (χ1n) is 4.21. The van der Waals surface area contributed by atoms with E-state index in [9.17, 15) is 4.79 Å². The molecule has 6 nitrogen and oxygen atoms in total. The van der Waals surface area contributed by atoms with Crippen LogP contribution in [0.25, 0.3) is 0 Å². The third kappa shape index (κ3) is 2.94. The maximum Gasteiger partial charge on any atom is 0.330 e. The summed E-state index contributed by atoms with van der Waals surface area (Å²) >= 11 is 0. The first-order chi connectivity index (χ1) is 7.17. The molecule has 1 aromatic rings. The molecular weight excluding hydrogens is 198 g/mol. The lowest BCUT2D eigenvalue weighted by Gasteiger charge is -2.11. The number of urea groups is 1. The second kappa shape index (κ2) is 4.94. The molecule has 0 aromatic heterocycles. The summed E-state index contributed by atoms with van der Waals surface area (Å²) in [5.74, 6) is 1.21. The van der Waals surface area contributed by atoms with E-state index >= 15 is 0 Å². The minimum Gasteiger partial charge on any atom is -0.497 e. The van der Waals surface area contributed by atoms with Gasteiger partial charge in [0.25, 0.3) is 0 Å². The summed E-state index contributed by atoms with van der Waals surface area (Å²) in [4.78, 5) is 10.5. The van der Waals surface area contributed by atoms with Crippen LogP contribution >= 0.6 is 0 Å². The first-order valence-corrected chi connectivity index (χ1v) is 4.21. The highest BCUT2D eigenvalue weighted by atomic mass is 16.5. The molecule has 0 bridgehead atoms. The summed E-state index contributed by atoms with van der Waals surface area (Å²) in [5.41, 5.74) is 10.4. The summed E-state index contributed by atoms with van der Waals surface area (Å²) in [6.45, 7) is 0. The molecule has 0 spiro atoms. The van der Waals surface area contributed by atoms with E-state index in [2.05, 4.69) is 10.9 Å². The zero-order chi connectivity index (χ0) is 11.3. The van der Waals surface area contributed by atoms with Crippen molar-refractivity contribution in [1.82, 2.24) is 5.43 Å². The van der Waals surface area contributed by atoms with Crippen LogP contribution < -0.4 is 26.1 Å². The lowest BCUT2D eigenvalue weighted by Crippen LogP contribution is -2.34. The van der Waals surface area contributed by atoms with Crippen molar-refractivity contribution in [3.8, 4) is 11.5 Å². The van der Waals surface area contributed by atoms with E-state index in [-0.39, 0.29) is 0 Å². The van der Waals surface area contributed by atoms with E-state index in [1.807, 2.05) is 0 Å². The molecule has 0 aliphatic heterocycles. The first kappa shape index (κ1) is 11.0. The van der Waals surface area contributed by atoms with Crippen LogP contribution in [0.15, 0.2) is 18.2 Å². The topological polar surface area (TPSA) is 85.6 Å². The Balaban J connectivity index is 2.82. The molecule has 2 amide bonds. The Morgan fingerprint density at radius 3 is 2.60 bits per heavy atom. The standard InChI is InChI=1S/C9H13N3O3/c1-14-6-3-4-7(8(5-6)15-2)11-12-9(10)13/h3-5,11H,1-2H3,(H3,10,12,13). The number of carbonyl (C=O) groups is 1. The number of primary amides is 1. The van der Waals surface area contributed by atoms with Gasteiger partial charge in [-0.1, -0.05) is 0 Å². The number of hydrazine groups is 1. The van der Waals surface area contributed by atoms with E-state index in [0.717, 1.165) is 0 Å². The number of nitrogens with two attached hydrogens (primary N) is 1. The van der Waals surface area contributed by atoms with Crippen LogP contribution in [0.2, 0.25) is 0 Å². The van der Waals surface area contributed by atoms with Crippen LogP contribution in [0.3, 0.4) is 0 Å². The van der Waals surface area contributed by atoms with Gasteiger partial charge in [-0.05, 0) is 12.1 Å². The lowest BCUT2D eigenvalue weighted by atomic mass is 10.3. The van der Waals surface area contributed by atoms with Crippen LogP contribution in [0, 0.1) is 0 Å². The normalized spacial score (nSPS) is 9.20. The average molecular weight is 211 g/mol. The SMILES string of the molecule is COc1ccc(NNC(N)=O)c(OC)c1. The quantitative estimate of drug-likeness (QED) is 0.640. The molecule has 6 heteroatoms. The molecular formula is C9H13N3O3. The number of amides is 2. The van der Waals surface area contributed by atoms with Crippen molar-refractivity contribution in [2.45, 2.75) is 0 Å². The van der Waals surface area contributed by atoms with Crippen molar-refractivity contribution < 1.29 is 14.3 Å². The van der Waals surface area contributed by atoms with E-state index in [1.165, 1.54) is 7.11 Å². The maximum absolute atomic E-state index is 10.5. The van der Waals surface area contributed by atoms with E-state index in [4.69, 9.17) is 15.2 Å². The molecule has 0 saturated heterocycles. The van der Waals surface area contributed by atoms with Gasteiger partial charge in [0, 0.05) is 6.07 Å². The molecule has 0 unspecified atom stereocenters. The summed E-state index contributed by atoms with van der Waals surface area (Å²) in [6, 6.07) is 4.44. The zero-order valence-corrected chi connectivity index (χ0v) is 8.53. The van der Waals surface area contributed by atoms with Gasteiger partial charge in [0.05, 0.1) is 19.9 Å². The van der Waals surface area contributed by atoms with Gasteiger partial charge in [-0.25, -0.2) is 4.79 Å². The Labute approximate surface area is 87.3 Å². The van der Waals surface area contributed by atoms with Gasteiger partial charge in [-0.3, -0.25) is 10.9 Å². The monoisotopic (exact) mass is 211 g/mol. The van der Waals surface area contributed by atoms with Gasteiger partial charge in [-0.15, -0.1) is 0 Å². The average Bonchev–Trinajstić information content (AvgIpc) is 2.25. The Hall–Kier alpha value is -2.11. The molecule has 0 radical (unpaired) electrons. The van der Waals surface area contributed by atoms with Gasteiger partial charge >= 0.3 is 6.03 Å². The number of benzene rings is 1. The molecule has 0 saturated carbocycles. The molecule has 0 aliphatic carbocycles. The number of anilines is 1. The summed E-state index contributed by atoms with van der Waals surface area (Å²) < 4.78 is 10.1. The summed E-state index contributed by atoms with van der Waals surface area (Å²) in [7, 11) is 3.08. The highest BCUT2D eigenvalue weighted by molar-refractivity contribution is 5.74. The zero-order valence-electron chi connectivity index (χ0n) is 8.53. The molecule has 0 heterocycles. The molecule has 0 atom stereocenters. The largest absolute Gasteiger partial charge is 0.497 e. The summed E-state index contributed by atoms with van der Waals surface area (Å²) in [5, 5.41) is 0. The van der Waals surface area contributed by atoms with Gasteiger partial charge in [-0.2, -0.15) is 0 Å². The van der Waals surface area contributed by atoms with Gasteiger partial charge in [0.1, 0.15) is 11.5 Å². The van der Waals surface area contributed by atoms with Gasteiger partial charge in [0.15, 0.2) is 0 Å². The van der Waals surface area contributed by atoms with Crippen molar-refractivity contribution in [1.29, 1.82) is 0 Å². The molecule has 4 N–H and O–H groups in total. The fraction of sp³-hybridized carbons (Fsp3) is 0.222. The fourth-order valence-electron chi connectivity index (χ4n) is 1.03. The minimum absolute atomic E-state index is 0.545. The third-order valence-electron chi connectivity index (χ3n) is 1.73. The third-order valence-corrected chi connectivity index (χ3v) is 1.73. The number of carbonyl (C=O) groups excluding carboxylic acids is 1. The minimum atomic E-state index is -0.673. The predicted molar refractivity (Wildman–Crippen MR) is 55.9 cm³/mol. The molecule has 15 heavy (non-hydrogen) atoms. The number of rotatable bonds is 4. The number of hydrogen-bond donors (Lipinski definition) is 3. The maximum atomic E-state index is 10.5. The molecule has 1 aromatic carbocycles. The molecule has 82 valence electrons. The second-order valence-corrected chi connectivity index (χ2v) is 2.68.